The molecule has 0 radical (unpaired) electrons. The SMILES string of the molecule is CC=CC(C)C.CC=CC(C)CC.CC=CC(C)CC.CC=CC(C)CC.CC=CC(C)CC. The fourth-order valence-electron chi connectivity index (χ4n) is 2.24. The van der Waals surface area contributed by atoms with E-state index in [1.54, 1.807) is 0 Å². The predicted octanol–water partition coefficient (Wildman–Crippen LogP) is 12.7. The van der Waals surface area contributed by atoms with E-state index >= 15 is 0 Å². The van der Waals surface area contributed by atoms with Gasteiger partial charge < -0.3 is 0 Å². The lowest BCUT2D eigenvalue weighted by Crippen LogP contribution is -1.81. The topological polar surface area (TPSA) is 0 Å². The van der Waals surface area contributed by atoms with Gasteiger partial charge in [0, 0.05) is 0 Å². The fourth-order valence-corrected chi connectivity index (χ4v) is 2.24. The minimum absolute atomic E-state index is 0.718. The van der Waals surface area contributed by atoms with Crippen LogP contribution in [-0.2, 0) is 0 Å². The van der Waals surface area contributed by atoms with Crippen molar-refractivity contribution in [3.8, 4) is 0 Å². The van der Waals surface area contributed by atoms with Crippen molar-refractivity contribution in [2.45, 2.75) is 130 Å². The summed E-state index contributed by atoms with van der Waals surface area (Å²) in [6.07, 6.45) is 26.6. The first kappa shape index (κ1) is 42.8. The lowest BCUT2D eigenvalue weighted by molar-refractivity contribution is 0.697. The maximum Gasteiger partial charge on any atom is -0.0265 e. The highest BCUT2D eigenvalue weighted by Crippen LogP contribution is 2.02. The molecule has 0 heteroatoms. The molecular weight excluding hydrogens is 408 g/mol. The average Bonchev–Trinajstić information content (AvgIpc) is 2.81. The Kier molecular flexibility index (Phi) is 49.0. The molecule has 204 valence electrons. The van der Waals surface area contributed by atoms with Gasteiger partial charge in [-0.05, 0) is 64.2 Å². The fraction of sp³-hybridized carbons (Fsp3) is 0.706. The molecule has 0 saturated heterocycles. The maximum absolute atomic E-state index is 2.22. The van der Waals surface area contributed by atoms with E-state index in [0.29, 0.717) is 0 Å². The number of hydrogen-bond donors (Lipinski definition) is 0. The van der Waals surface area contributed by atoms with Crippen molar-refractivity contribution in [1.29, 1.82) is 0 Å². The molecule has 4 atom stereocenters. The van der Waals surface area contributed by atoms with E-state index in [0.717, 1.165) is 29.6 Å². The minimum atomic E-state index is 0.718. The van der Waals surface area contributed by atoms with E-state index in [-0.39, 0.29) is 0 Å². The molecule has 0 aliphatic carbocycles. The van der Waals surface area contributed by atoms with Gasteiger partial charge in [0.1, 0.15) is 0 Å². The largest absolute Gasteiger partial charge is 0.0914 e. The maximum atomic E-state index is 2.22. The van der Waals surface area contributed by atoms with Gasteiger partial charge in [-0.15, -0.1) is 0 Å². The molecule has 0 aromatic carbocycles. The molecule has 0 bridgehead atoms. The zero-order valence-electron chi connectivity index (χ0n) is 26.5. The summed E-state index contributed by atoms with van der Waals surface area (Å²) in [7, 11) is 0. The van der Waals surface area contributed by atoms with Gasteiger partial charge in [0.2, 0.25) is 0 Å². The van der Waals surface area contributed by atoms with E-state index < -0.39 is 0 Å². The predicted molar refractivity (Wildman–Crippen MR) is 167 cm³/mol. The quantitative estimate of drug-likeness (QED) is 0.290. The van der Waals surface area contributed by atoms with E-state index in [9.17, 15) is 0 Å². The Bertz CT molecular complexity index is 386. The Morgan fingerprint density at radius 1 is 0.353 bits per heavy atom. The summed E-state index contributed by atoms with van der Waals surface area (Å²) >= 11 is 0. The van der Waals surface area contributed by atoms with Crippen LogP contribution in [0, 0.1) is 29.6 Å². The second-order valence-electron chi connectivity index (χ2n) is 9.42. The van der Waals surface area contributed by atoms with Crippen molar-refractivity contribution >= 4 is 0 Å². The van der Waals surface area contributed by atoms with Crippen molar-refractivity contribution in [2.75, 3.05) is 0 Å². The Hall–Kier alpha value is -1.30. The molecule has 4 unspecified atom stereocenters. The van der Waals surface area contributed by atoms with Crippen molar-refractivity contribution in [2.24, 2.45) is 29.6 Å². The van der Waals surface area contributed by atoms with Crippen LogP contribution in [0.3, 0.4) is 0 Å². The standard InChI is InChI=1S/4C7H14.C6H12/c4*1-4-6-7(3)5-2;1-4-5-6(2)3/h4*4,6-7H,5H2,1-3H3;4-6H,1-3H3. The Morgan fingerprint density at radius 3 is 0.559 bits per heavy atom. The first-order valence-corrected chi connectivity index (χ1v) is 14.1. The van der Waals surface area contributed by atoms with Crippen molar-refractivity contribution in [1.82, 2.24) is 0 Å². The van der Waals surface area contributed by atoms with Crippen LogP contribution in [0.25, 0.3) is 0 Å². The summed E-state index contributed by atoms with van der Waals surface area (Å²) in [6.45, 7) is 32.3. The monoisotopic (exact) mass is 477 g/mol. The average molecular weight is 477 g/mol. The normalized spacial score (nSPS) is 14.6. The van der Waals surface area contributed by atoms with E-state index in [2.05, 4.69) is 158 Å². The third kappa shape index (κ3) is 57.5. The summed E-state index contributed by atoms with van der Waals surface area (Å²) in [5, 5.41) is 0. The zero-order valence-corrected chi connectivity index (χ0v) is 26.5. The summed E-state index contributed by atoms with van der Waals surface area (Å²) in [5.74, 6) is 3.79. The van der Waals surface area contributed by atoms with Gasteiger partial charge >= 0.3 is 0 Å². The van der Waals surface area contributed by atoms with Crippen molar-refractivity contribution < 1.29 is 0 Å². The number of rotatable bonds is 9. The van der Waals surface area contributed by atoms with Crippen LogP contribution >= 0.6 is 0 Å². The van der Waals surface area contributed by atoms with Gasteiger partial charge in [-0.3, -0.25) is 0 Å². The van der Waals surface area contributed by atoms with Crippen LogP contribution in [0.2, 0.25) is 0 Å². The van der Waals surface area contributed by atoms with Crippen LogP contribution in [-0.4, -0.2) is 0 Å². The number of hydrogen-bond acceptors (Lipinski definition) is 0. The molecule has 0 rings (SSSR count). The molecule has 0 N–H and O–H groups in total. The van der Waals surface area contributed by atoms with Crippen LogP contribution in [0.1, 0.15) is 130 Å². The molecule has 0 heterocycles. The van der Waals surface area contributed by atoms with E-state index in [1.807, 2.05) is 6.92 Å². The van der Waals surface area contributed by atoms with Crippen LogP contribution in [0.15, 0.2) is 60.8 Å². The minimum Gasteiger partial charge on any atom is -0.0914 e. The highest BCUT2D eigenvalue weighted by molar-refractivity contribution is 4.83. The molecular formula is C34H68. The molecule has 0 aromatic rings. The smallest absolute Gasteiger partial charge is 0.0265 e. The van der Waals surface area contributed by atoms with Gasteiger partial charge in [0.25, 0.3) is 0 Å². The molecule has 0 spiro atoms. The third-order valence-corrected chi connectivity index (χ3v) is 5.24. The molecule has 0 amide bonds. The van der Waals surface area contributed by atoms with Crippen molar-refractivity contribution in [3.05, 3.63) is 60.8 Å². The summed E-state index contributed by atoms with van der Waals surface area (Å²) in [6, 6.07) is 0. The van der Waals surface area contributed by atoms with Gasteiger partial charge in [0.15, 0.2) is 0 Å². The second-order valence-corrected chi connectivity index (χ2v) is 9.42. The van der Waals surface area contributed by atoms with Gasteiger partial charge in [-0.1, -0.05) is 156 Å². The van der Waals surface area contributed by atoms with Crippen LogP contribution < -0.4 is 0 Å². The van der Waals surface area contributed by atoms with Crippen LogP contribution in [0.5, 0.6) is 0 Å². The zero-order chi connectivity index (χ0) is 27.8. The van der Waals surface area contributed by atoms with E-state index in [1.165, 1.54) is 25.7 Å². The molecule has 34 heavy (non-hydrogen) atoms. The lowest BCUT2D eigenvalue weighted by atomic mass is 10.1. The first-order valence-electron chi connectivity index (χ1n) is 14.1. The van der Waals surface area contributed by atoms with Crippen molar-refractivity contribution in [3.63, 3.8) is 0 Å². The molecule has 0 nitrogen and oxygen atoms in total. The molecule has 0 fully saturated rings. The van der Waals surface area contributed by atoms with Gasteiger partial charge in [0.05, 0.1) is 0 Å². The second kappa shape index (κ2) is 38.9. The molecule has 0 aliphatic heterocycles. The Labute approximate surface area is 219 Å². The summed E-state index contributed by atoms with van der Waals surface area (Å²) in [4.78, 5) is 0. The lowest BCUT2D eigenvalue weighted by Gasteiger charge is -1.95. The molecule has 0 saturated carbocycles. The molecule has 0 aromatic heterocycles. The first-order chi connectivity index (χ1) is 16.0. The van der Waals surface area contributed by atoms with E-state index in [4.69, 9.17) is 0 Å². The highest BCUT2D eigenvalue weighted by Gasteiger charge is 1.87. The van der Waals surface area contributed by atoms with Crippen LogP contribution in [0.4, 0.5) is 0 Å². The third-order valence-electron chi connectivity index (χ3n) is 5.24. The summed E-state index contributed by atoms with van der Waals surface area (Å²) < 4.78 is 0. The summed E-state index contributed by atoms with van der Waals surface area (Å²) in [5.41, 5.74) is 0. The Balaban J connectivity index is -0.000000103. The molecule has 0 aliphatic rings. The Morgan fingerprint density at radius 2 is 0.529 bits per heavy atom. The van der Waals surface area contributed by atoms with Gasteiger partial charge in [-0.25, -0.2) is 0 Å². The highest BCUT2D eigenvalue weighted by atomic mass is 13.9. The number of allylic oxidation sites excluding steroid dienone is 10. The van der Waals surface area contributed by atoms with Gasteiger partial charge in [-0.2, -0.15) is 0 Å².